The first-order chi connectivity index (χ1) is 6.58. The molecular formula is C8H11N3O3. The second-order valence-corrected chi connectivity index (χ2v) is 2.89. The molecule has 1 heterocycles. The van der Waals surface area contributed by atoms with E-state index in [4.69, 9.17) is 5.11 Å². The van der Waals surface area contributed by atoms with Crippen molar-refractivity contribution in [3.63, 3.8) is 0 Å². The van der Waals surface area contributed by atoms with Gasteiger partial charge in [-0.25, -0.2) is 0 Å². The van der Waals surface area contributed by atoms with Crippen molar-refractivity contribution in [3.05, 3.63) is 17.5 Å². The number of aliphatic carboxylic acids is 1. The molecule has 0 spiro atoms. The summed E-state index contributed by atoms with van der Waals surface area (Å²) in [7, 11) is 0. The minimum absolute atomic E-state index is 0.0949. The predicted octanol–water partition coefficient (Wildman–Crippen LogP) is -0.539. The van der Waals surface area contributed by atoms with Crippen LogP contribution in [0.3, 0.4) is 0 Å². The lowest BCUT2D eigenvalue weighted by Crippen LogP contribution is -2.30. The number of carbonyl (C=O) groups is 2. The number of nitrogens with one attached hydrogen (secondary N) is 2. The van der Waals surface area contributed by atoms with Gasteiger partial charge in [-0.15, -0.1) is 0 Å². The molecule has 14 heavy (non-hydrogen) atoms. The largest absolute Gasteiger partial charge is 0.480 e. The number of amides is 1. The maximum absolute atomic E-state index is 11.1. The first-order valence-corrected chi connectivity index (χ1v) is 4.07. The molecule has 6 heteroatoms. The molecule has 1 aromatic heterocycles. The van der Waals surface area contributed by atoms with Gasteiger partial charge in [0.2, 0.25) is 5.91 Å². The van der Waals surface area contributed by atoms with Gasteiger partial charge in [-0.3, -0.25) is 14.7 Å². The quantitative estimate of drug-likeness (QED) is 0.604. The zero-order chi connectivity index (χ0) is 10.6. The highest BCUT2D eigenvalue weighted by molar-refractivity contribution is 5.82. The minimum atomic E-state index is -1.06. The van der Waals surface area contributed by atoms with Gasteiger partial charge in [-0.1, -0.05) is 0 Å². The summed E-state index contributed by atoms with van der Waals surface area (Å²) in [5.41, 5.74) is 1.47. The summed E-state index contributed by atoms with van der Waals surface area (Å²) in [6, 6.07) is 1.74. The summed E-state index contributed by atoms with van der Waals surface area (Å²) in [5, 5.41) is 17.1. The van der Waals surface area contributed by atoms with Crippen LogP contribution in [-0.4, -0.2) is 33.7 Å². The number of carbonyl (C=O) groups excluding carboxylic acids is 1. The number of H-pyrrole nitrogens is 1. The summed E-state index contributed by atoms with van der Waals surface area (Å²) in [6.07, 6.45) is 0.0949. The molecule has 0 aliphatic rings. The third kappa shape index (κ3) is 3.26. The normalized spacial score (nSPS) is 9.79. The molecule has 0 aromatic carbocycles. The van der Waals surface area contributed by atoms with Crippen LogP contribution < -0.4 is 5.32 Å². The van der Waals surface area contributed by atoms with Crippen LogP contribution in [-0.2, 0) is 16.0 Å². The van der Waals surface area contributed by atoms with E-state index in [9.17, 15) is 9.59 Å². The number of aryl methyl sites for hydroxylation is 1. The van der Waals surface area contributed by atoms with E-state index in [1.54, 1.807) is 6.07 Å². The lowest BCUT2D eigenvalue weighted by molar-refractivity contribution is -0.137. The zero-order valence-corrected chi connectivity index (χ0v) is 7.70. The Balaban J connectivity index is 2.37. The average Bonchev–Trinajstić information content (AvgIpc) is 2.48. The van der Waals surface area contributed by atoms with E-state index in [-0.39, 0.29) is 18.9 Å². The van der Waals surface area contributed by atoms with Gasteiger partial charge in [0.05, 0.1) is 12.1 Å². The maximum atomic E-state index is 11.1. The van der Waals surface area contributed by atoms with E-state index in [0.717, 1.165) is 5.69 Å². The zero-order valence-electron chi connectivity index (χ0n) is 7.70. The second-order valence-electron chi connectivity index (χ2n) is 2.89. The van der Waals surface area contributed by atoms with Gasteiger partial charge in [0.1, 0.15) is 6.54 Å². The fourth-order valence-corrected chi connectivity index (χ4v) is 0.966. The fraction of sp³-hybridized carbons (Fsp3) is 0.375. The molecule has 0 bridgehead atoms. The Morgan fingerprint density at radius 1 is 1.64 bits per heavy atom. The summed E-state index contributed by atoms with van der Waals surface area (Å²) >= 11 is 0. The smallest absolute Gasteiger partial charge is 0.322 e. The van der Waals surface area contributed by atoms with Gasteiger partial charge in [0, 0.05) is 5.69 Å². The Labute approximate surface area is 80.3 Å². The van der Waals surface area contributed by atoms with E-state index in [1.165, 1.54) is 0 Å². The lowest BCUT2D eigenvalue weighted by atomic mass is 10.3. The Hall–Kier alpha value is -1.85. The van der Waals surface area contributed by atoms with Gasteiger partial charge >= 0.3 is 5.97 Å². The number of carboxylic acid groups (broad SMARTS) is 1. The Bertz CT molecular complexity index is 345. The van der Waals surface area contributed by atoms with E-state index in [1.807, 2.05) is 6.92 Å². The molecule has 0 unspecified atom stereocenters. The number of aromatic nitrogens is 2. The third-order valence-corrected chi connectivity index (χ3v) is 1.54. The lowest BCUT2D eigenvalue weighted by Gasteiger charge is -1.98. The number of hydrogen-bond donors (Lipinski definition) is 3. The van der Waals surface area contributed by atoms with Crippen LogP contribution in [0, 0.1) is 6.92 Å². The van der Waals surface area contributed by atoms with Crippen molar-refractivity contribution in [1.82, 2.24) is 15.5 Å². The van der Waals surface area contributed by atoms with Crippen LogP contribution in [0.4, 0.5) is 0 Å². The van der Waals surface area contributed by atoms with Crippen molar-refractivity contribution in [2.24, 2.45) is 0 Å². The molecular weight excluding hydrogens is 186 g/mol. The van der Waals surface area contributed by atoms with Crippen molar-refractivity contribution < 1.29 is 14.7 Å². The molecule has 0 saturated heterocycles. The third-order valence-electron chi connectivity index (χ3n) is 1.54. The predicted molar refractivity (Wildman–Crippen MR) is 47.7 cm³/mol. The standard InChI is InChI=1S/C8H11N3O3/c1-5-2-6(11-10-5)3-7(12)9-4-8(13)14/h2H,3-4H2,1H3,(H,9,12)(H,10,11)(H,13,14). The van der Waals surface area contributed by atoms with E-state index >= 15 is 0 Å². The Kier molecular flexibility index (Phi) is 3.22. The fourth-order valence-electron chi connectivity index (χ4n) is 0.966. The van der Waals surface area contributed by atoms with Crippen molar-refractivity contribution in [2.75, 3.05) is 6.54 Å². The summed E-state index contributed by atoms with van der Waals surface area (Å²) in [6.45, 7) is 1.47. The number of aromatic amines is 1. The topological polar surface area (TPSA) is 95.1 Å². The molecule has 76 valence electrons. The number of nitrogens with zero attached hydrogens (tertiary/aromatic N) is 1. The van der Waals surface area contributed by atoms with Crippen molar-refractivity contribution in [2.45, 2.75) is 13.3 Å². The molecule has 0 aliphatic carbocycles. The molecule has 3 N–H and O–H groups in total. The summed E-state index contributed by atoms with van der Waals surface area (Å²) in [4.78, 5) is 21.2. The van der Waals surface area contributed by atoms with Crippen molar-refractivity contribution >= 4 is 11.9 Å². The molecule has 1 amide bonds. The van der Waals surface area contributed by atoms with E-state index < -0.39 is 5.97 Å². The van der Waals surface area contributed by atoms with E-state index in [2.05, 4.69) is 15.5 Å². The molecule has 1 aromatic rings. The second kappa shape index (κ2) is 4.40. The highest BCUT2D eigenvalue weighted by Crippen LogP contribution is 1.97. The SMILES string of the molecule is Cc1cc(CC(=O)NCC(=O)O)n[nH]1. The molecule has 0 aliphatic heterocycles. The van der Waals surface area contributed by atoms with Crippen LogP contribution in [0.2, 0.25) is 0 Å². The van der Waals surface area contributed by atoms with Gasteiger partial charge < -0.3 is 10.4 Å². The van der Waals surface area contributed by atoms with Crippen molar-refractivity contribution in [3.8, 4) is 0 Å². The van der Waals surface area contributed by atoms with Crippen LogP contribution in [0.5, 0.6) is 0 Å². The van der Waals surface area contributed by atoms with Gasteiger partial charge in [-0.05, 0) is 13.0 Å². The number of carboxylic acids is 1. The van der Waals surface area contributed by atoms with Crippen molar-refractivity contribution in [1.29, 1.82) is 0 Å². The van der Waals surface area contributed by atoms with Crippen LogP contribution in [0.25, 0.3) is 0 Å². The van der Waals surface area contributed by atoms with Crippen LogP contribution in [0.1, 0.15) is 11.4 Å². The molecule has 0 fully saturated rings. The summed E-state index contributed by atoms with van der Waals surface area (Å²) < 4.78 is 0. The van der Waals surface area contributed by atoms with E-state index in [0.29, 0.717) is 5.69 Å². The highest BCUT2D eigenvalue weighted by Gasteiger charge is 2.06. The Morgan fingerprint density at radius 2 is 2.36 bits per heavy atom. The maximum Gasteiger partial charge on any atom is 0.322 e. The minimum Gasteiger partial charge on any atom is -0.480 e. The van der Waals surface area contributed by atoms with Gasteiger partial charge in [0.25, 0.3) is 0 Å². The first kappa shape index (κ1) is 10.2. The number of rotatable bonds is 4. The molecule has 1 rings (SSSR count). The first-order valence-electron chi connectivity index (χ1n) is 4.07. The monoisotopic (exact) mass is 197 g/mol. The molecule has 0 saturated carbocycles. The van der Waals surface area contributed by atoms with Gasteiger partial charge in [0.15, 0.2) is 0 Å². The molecule has 0 radical (unpaired) electrons. The Morgan fingerprint density at radius 3 is 2.86 bits per heavy atom. The highest BCUT2D eigenvalue weighted by atomic mass is 16.4. The van der Waals surface area contributed by atoms with Crippen LogP contribution in [0.15, 0.2) is 6.07 Å². The molecule has 6 nitrogen and oxygen atoms in total. The number of hydrogen-bond acceptors (Lipinski definition) is 3. The van der Waals surface area contributed by atoms with Gasteiger partial charge in [-0.2, -0.15) is 5.10 Å². The average molecular weight is 197 g/mol. The van der Waals surface area contributed by atoms with Crippen LogP contribution >= 0.6 is 0 Å². The molecule has 0 atom stereocenters. The summed E-state index contributed by atoms with van der Waals surface area (Å²) in [5.74, 6) is -1.41.